The van der Waals surface area contributed by atoms with Crippen LogP contribution in [0.1, 0.15) is 64.7 Å². The highest BCUT2D eigenvalue weighted by atomic mass is 16.1. The monoisotopic (exact) mass is 211 g/mol. The first-order valence-corrected chi connectivity index (χ1v) is 6.59. The van der Waals surface area contributed by atoms with E-state index in [1.165, 1.54) is 44.9 Å². The van der Waals surface area contributed by atoms with E-state index in [9.17, 15) is 4.79 Å². The lowest BCUT2D eigenvalue weighted by Gasteiger charge is -2.21. The number of hydrogen-bond acceptors (Lipinski definition) is 1. The van der Waals surface area contributed by atoms with E-state index in [0.717, 1.165) is 18.9 Å². The van der Waals surface area contributed by atoms with E-state index < -0.39 is 0 Å². The summed E-state index contributed by atoms with van der Waals surface area (Å²) in [7, 11) is 0. The van der Waals surface area contributed by atoms with E-state index >= 15 is 0 Å². The Morgan fingerprint density at radius 3 is 2.67 bits per heavy atom. The van der Waals surface area contributed by atoms with Crippen LogP contribution < -0.4 is 5.32 Å². The van der Waals surface area contributed by atoms with Crippen molar-refractivity contribution in [2.24, 2.45) is 5.92 Å². The number of carbonyl (C=O) groups excluding carboxylic acids is 1. The lowest BCUT2D eigenvalue weighted by Crippen LogP contribution is -2.24. The van der Waals surface area contributed by atoms with Gasteiger partial charge in [-0.15, -0.1) is 0 Å². The SMILES string of the molecule is CCCC(=O)NCCCC1CCCCC1. The van der Waals surface area contributed by atoms with Gasteiger partial charge in [0.25, 0.3) is 0 Å². The summed E-state index contributed by atoms with van der Waals surface area (Å²) in [6, 6.07) is 0. The molecule has 0 radical (unpaired) electrons. The fraction of sp³-hybridized carbons (Fsp3) is 0.923. The number of hydrogen-bond donors (Lipinski definition) is 1. The topological polar surface area (TPSA) is 29.1 Å². The molecule has 15 heavy (non-hydrogen) atoms. The Labute approximate surface area is 93.8 Å². The number of rotatable bonds is 6. The van der Waals surface area contributed by atoms with Crippen molar-refractivity contribution in [3.63, 3.8) is 0 Å². The van der Waals surface area contributed by atoms with Crippen LogP contribution >= 0.6 is 0 Å². The van der Waals surface area contributed by atoms with Crippen LogP contribution in [-0.4, -0.2) is 12.5 Å². The number of nitrogens with one attached hydrogen (secondary N) is 1. The molecule has 0 spiro atoms. The van der Waals surface area contributed by atoms with Crippen LogP contribution in [0.15, 0.2) is 0 Å². The van der Waals surface area contributed by atoms with Crippen LogP contribution in [0.25, 0.3) is 0 Å². The molecule has 0 aromatic rings. The summed E-state index contributed by atoms with van der Waals surface area (Å²) in [6.07, 6.45) is 11.2. The van der Waals surface area contributed by atoms with E-state index in [2.05, 4.69) is 5.32 Å². The Hall–Kier alpha value is -0.530. The zero-order chi connectivity index (χ0) is 10.9. The molecule has 1 rings (SSSR count). The zero-order valence-corrected chi connectivity index (χ0v) is 10.1. The van der Waals surface area contributed by atoms with Gasteiger partial charge in [0.1, 0.15) is 0 Å². The standard InChI is InChI=1S/C13H25NO/c1-2-7-13(15)14-11-6-10-12-8-4-3-5-9-12/h12H,2-11H2,1H3,(H,14,15). The molecule has 0 aromatic heterocycles. The summed E-state index contributed by atoms with van der Waals surface area (Å²) in [6.45, 7) is 2.93. The zero-order valence-electron chi connectivity index (χ0n) is 10.1. The third-order valence-corrected chi connectivity index (χ3v) is 3.31. The maximum absolute atomic E-state index is 11.2. The molecule has 2 nitrogen and oxygen atoms in total. The van der Waals surface area contributed by atoms with Gasteiger partial charge in [-0.25, -0.2) is 0 Å². The quantitative estimate of drug-likeness (QED) is 0.671. The minimum atomic E-state index is 0.223. The van der Waals surface area contributed by atoms with Crippen molar-refractivity contribution < 1.29 is 4.79 Å². The number of amides is 1. The van der Waals surface area contributed by atoms with E-state index in [0.29, 0.717) is 6.42 Å². The Kier molecular flexibility index (Phi) is 6.45. The van der Waals surface area contributed by atoms with Crippen LogP contribution in [-0.2, 0) is 4.79 Å². The molecule has 1 amide bonds. The summed E-state index contributed by atoms with van der Waals surface area (Å²) < 4.78 is 0. The van der Waals surface area contributed by atoms with E-state index in [1.54, 1.807) is 0 Å². The summed E-state index contributed by atoms with van der Waals surface area (Å²) in [5.74, 6) is 1.17. The molecule has 0 aliphatic heterocycles. The molecule has 0 atom stereocenters. The summed E-state index contributed by atoms with van der Waals surface area (Å²) in [5.41, 5.74) is 0. The first-order chi connectivity index (χ1) is 7.33. The van der Waals surface area contributed by atoms with Crippen molar-refractivity contribution >= 4 is 5.91 Å². The maximum atomic E-state index is 11.2. The van der Waals surface area contributed by atoms with Crippen LogP contribution in [0, 0.1) is 5.92 Å². The minimum Gasteiger partial charge on any atom is -0.356 e. The molecule has 1 aliphatic carbocycles. The lowest BCUT2D eigenvalue weighted by atomic mass is 9.86. The lowest BCUT2D eigenvalue weighted by molar-refractivity contribution is -0.121. The molecule has 88 valence electrons. The third kappa shape index (κ3) is 5.81. The average molecular weight is 211 g/mol. The van der Waals surface area contributed by atoms with Crippen LogP contribution in [0.3, 0.4) is 0 Å². The molecule has 1 N–H and O–H groups in total. The Balaban J connectivity index is 1.93. The van der Waals surface area contributed by atoms with Crippen molar-refractivity contribution in [3.05, 3.63) is 0 Å². The molecular weight excluding hydrogens is 186 g/mol. The molecule has 2 heteroatoms. The molecule has 0 heterocycles. The van der Waals surface area contributed by atoms with Crippen molar-refractivity contribution in [2.45, 2.75) is 64.7 Å². The highest BCUT2D eigenvalue weighted by molar-refractivity contribution is 5.75. The summed E-state index contributed by atoms with van der Waals surface area (Å²) in [4.78, 5) is 11.2. The van der Waals surface area contributed by atoms with Crippen LogP contribution in [0.4, 0.5) is 0 Å². The van der Waals surface area contributed by atoms with Gasteiger partial charge in [-0.05, 0) is 25.2 Å². The third-order valence-electron chi connectivity index (χ3n) is 3.31. The van der Waals surface area contributed by atoms with Gasteiger partial charge in [0, 0.05) is 13.0 Å². The molecular formula is C13H25NO. The van der Waals surface area contributed by atoms with Crippen molar-refractivity contribution in [1.82, 2.24) is 5.32 Å². The molecule has 1 aliphatic rings. The van der Waals surface area contributed by atoms with Gasteiger partial charge in [0.05, 0.1) is 0 Å². The Bertz CT molecular complexity index is 173. The van der Waals surface area contributed by atoms with Gasteiger partial charge < -0.3 is 5.32 Å². The smallest absolute Gasteiger partial charge is 0.219 e. The van der Waals surface area contributed by atoms with Gasteiger partial charge in [-0.2, -0.15) is 0 Å². The van der Waals surface area contributed by atoms with Gasteiger partial charge >= 0.3 is 0 Å². The summed E-state index contributed by atoms with van der Waals surface area (Å²) in [5, 5.41) is 2.98. The largest absolute Gasteiger partial charge is 0.356 e. The normalized spacial score (nSPS) is 17.7. The predicted molar refractivity (Wildman–Crippen MR) is 63.7 cm³/mol. The van der Waals surface area contributed by atoms with E-state index in [-0.39, 0.29) is 5.91 Å². The van der Waals surface area contributed by atoms with Crippen LogP contribution in [0.2, 0.25) is 0 Å². The van der Waals surface area contributed by atoms with Crippen molar-refractivity contribution in [1.29, 1.82) is 0 Å². The average Bonchev–Trinajstić information content (AvgIpc) is 2.26. The van der Waals surface area contributed by atoms with E-state index in [4.69, 9.17) is 0 Å². The second-order valence-corrected chi connectivity index (χ2v) is 4.75. The molecule has 1 fully saturated rings. The predicted octanol–water partition coefficient (Wildman–Crippen LogP) is 3.26. The van der Waals surface area contributed by atoms with Gasteiger partial charge in [0.2, 0.25) is 5.91 Å². The first-order valence-electron chi connectivity index (χ1n) is 6.59. The molecule has 0 saturated heterocycles. The second-order valence-electron chi connectivity index (χ2n) is 4.75. The van der Waals surface area contributed by atoms with Crippen LogP contribution in [0.5, 0.6) is 0 Å². The Morgan fingerprint density at radius 2 is 2.00 bits per heavy atom. The first kappa shape index (κ1) is 12.5. The molecule has 0 bridgehead atoms. The van der Waals surface area contributed by atoms with Gasteiger partial charge in [-0.3, -0.25) is 4.79 Å². The number of carbonyl (C=O) groups is 1. The highest BCUT2D eigenvalue weighted by Gasteiger charge is 2.12. The van der Waals surface area contributed by atoms with Crippen molar-refractivity contribution in [2.75, 3.05) is 6.54 Å². The molecule has 0 unspecified atom stereocenters. The Morgan fingerprint density at radius 1 is 1.27 bits per heavy atom. The fourth-order valence-electron chi connectivity index (χ4n) is 2.41. The second kappa shape index (κ2) is 7.72. The van der Waals surface area contributed by atoms with Gasteiger partial charge in [-0.1, -0.05) is 39.0 Å². The molecule has 1 saturated carbocycles. The van der Waals surface area contributed by atoms with Gasteiger partial charge in [0.15, 0.2) is 0 Å². The minimum absolute atomic E-state index is 0.223. The highest BCUT2D eigenvalue weighted by Crippen LogP contribution is 2.26. The summed E-state index contributed by atoms with van der Waals surface area (Å²) >= 11 is 0. The fourth-order valence-corrected chi connectivity index (χ4v) is 2.41. The van der Waals surface area contributed by atoms with E-state index in [1.807, 2.05) is 6.92 Å². The van der Waals surface area contributed by atoms with Crippen molar-refractivity contribution in [3.8, 4) is 0 Å². The molecule has 0 aromatic carbocycles. The maximum Gasteiger partial charge on any atom is 0.219 e.